The lowest BCUT2D eigenvalue weighted by atomic mass is 10.1. The zero-order valence-electron chi connectivity index (χ0n) is 14.1. The van der Waals surface area contributed by atoms with E-state index in [0.717, 1.165) is 5.56 Å². The molecule has 0 bridgehead atoms. The minimum absolute atomic E-state index is 0.107. The van der Waals surface area contributed by atoms with Crippen LogP contribution in [-0.2, 0) is 9.59 Å². The number of benzene rings is 2. The number of rotatable bonds is 3. The Morgan fingerprint density at radius 2 is 2.08 bits per heavy atom. The van der Waals surface area contributed by atoms with Crippen molar-refractivity contribution in [2.24, 2.45) is 0 Å². The van der Waals surface area contributed by atoms with Crippen molar-refractivity contribution in [3.05, 3.63) is 53.1 Å². The second kappa shape index (κ2) is 7.15. The first kappa shape index (κ1) is 17.3. The summed E-state index contributed by atoms with van der Waals surface area (Å²) in [5.41, 5.74) is 2.20. The van der Waals surface area contributed by atoms with E-state index in [-0.39, 0.29) is 30.9 Å². The van der Waals surface area contributed by atoms with Crippen LogP contribution in [0.5, 0.6) is 5.75 Å². The zero-order chi connectivity index (χ0) is 18.0. The highest BCUT2D eigenvalue weighted by atomic mass is 35.5. The number of nitrogens with one attached hydrogen (secondary N) is 1. The van der Waals surface area contributed by atoms with Crippen molar-refractivity contribution in [3.8, 4) is 5.75 Å². The maximum atomic E-state index is 12.8. The summed E-state index contributed by atoms with van der Waals surface area (Å²) >= 11 is 6.00. The molecule has 2 aromatic carbocycles. The quantitative estimate of drug-likeness (QED) is 0.908. The van der Waals surface area contributed by atoms with Crippen LogP contribution in [0.1, 0.15) is 18.9 Å². The number of carbonyl (C=O) groups excluding carboxylic acids is 2. The Morgan fingerprint density at radius 1 is 1.32 bits per heavy atom. The number of anilines is 2. The van der Waals surface area contributed by atoms with Crippen molar-refractivity contribution in [3.63, 3.8) is 0 Å². The molecule has 130 valence electrons. The van der Waals surface area contributed by atoms with E-state index in [9.17, 15) is 9.59 Å². The van der Waals surface area contributed by atoms with Crippen molar-refractivity contribution in [2.45, 2.75) is 26.3 Å². The maximum Gasteiger partial charge on any atom is 0.265 e. The number of hydrogen-bond acceptors (Lipinski definition) is 3. The standard InChI is InChI=1S/C19H19ClN2O3/c1-12-9-14(7-8-15(12)20)25-11-19(24)22-13(2)10-18(23)21-16-5-3-4-6-17(16)22/h3-9,13H,10-11H2,1-2H3,(H,21,23)/t13-/m0/s1. The lowest BCUT2D eigenvalue weighted by Crippen LogP contribution is -2.41. The Hall–Kier alpha value is -2.53. The minimum Gasteiger partial charge on any atom is -0.484 e. The second-order valence-corrected chi connectivity index (χ2v) is 6.49. The van der Waals surface area contributed by atoms with E-state index < -0.39 is 0 Å². The molecular weight excluding hydrogens is 340 g/mol. The third kappa shape index (κ3) is 3.77. The Kier molecular flexibility index (Phi) is 4.95. The number of carbonyl (C=O) groups is 2. The van der Waals surface area contributed by atoms with Crippen LogP contribution in [0.25, 0.3) is 0 Å². The highest BCUT2D eigenvalue weighted by molar-refractivity contribution is 6.31. The van der Waals surface area contributed by atoms with Gasteiger partial charge in [0.15, 0.2) is 6.61 Å². The first-order valence-corrected chi connectivity index (χ1v) is 8.43. The number of nitrogens with zero attached hydrogens (tertiary/aromatic N) is 1. The molecule has 3 rings (SSSR count). The van der Waals surface area contributed by atoms with Gasteiger partial charge in [0.2, 0.25) is 5.91 Å². The van der Waals surface area contributed by atoms with Crippen LogP contribution in [0.3, 0.4) is 0 Å². The van der Waals surface area contributed by atoms with Gasteiger partial charge in [0, 0.05) is 17.5 Å². The molecule has 0 radical (unpaired) electrons. The predicted octanol–water partition coefficient (Wildman–Crippen LogP) is 3.79. The summed E-state index contributed by atoms with van der Waals surface area (Å²) in [6.07, 6.45) is 0.237. The smallest absolute Gasteiger partial charge is 0.265 e. The van der Waals surface area contributed by atoms with E-state index in [1.807, 2.05) is 32.0 Å². The number of para-hydroxylation sites is 2. The van der Waals surface area contributed by atoms with Crippen LogP contribution in [0.15, 0.2) is 42.5 Å². The summed E-state index contributed by atoms with van der Waals surface area (Å²) in [7, 11) is 0. The SMILES string of the molecule is Cc1cc(OCC(=O)N2c3ccccc3NC(=O)C[C@@H]2C)ccc1Cl. The van der Waals surface area contributed by atoms with Crippen molar-refractivity contribution >= 4 is 34.8 Å². The van der Waals surface area contributed by atoms with Gasteiger partial charge in [-0.15, -0.1) is 0 Å². The summed E-state index contributed by atoms with van der Waals surface area (Å²) in [5, 5.41) is 3.49. The van der Waals surface area contributed by atoms with Crippen molar-refractivity contribution in [1.29, 1.82) is 0 Å². The molecule has 1 heterocycles. The normalized spacial score (nSPS) is 16.7. The molecule has 1 atom stereocenters. The minimum atomic E-state index is -0.258. The average Bonchev–Trinajstić information content (AvgIpc) is 2.70. The Bertz CT molecular complexity index is 822. The first-order chi connectivity index (χ1) is 12.0. The molecule has 6 heteroatoms. The van der Waals surface area contributed by atoms with Crippen LogP contribution >= 0.6 is 11.6 Å². The van der Waals surface area contributed by atoms with Gasteiger partial charge in [-0.25, -0.2) is 0 Å². The number of fused-ring (bicyclic) bond motifs is 1. The van der Waals surface area contributed by atoms with Crippen LogP contribution in [-0.4, -0.2) is 24.5 Å². The molecule has 0 saturated heterocycles. The fraction of sp³-hybridized carbons (Fsp3) is 0.263. The molecule has 0 aromatic heterocycles. The third-order valence-electron chi connectivity index (χ3n) is 4.12. The summed E-state index contributed by atoms with van der Waals surface area (Å²) in [5.74, 6) is 0.272. The molecule has 1 aliphatic heterocycles. The maximum absolute atomic E-state index is 12.8. The van der Waals surface area contributed by atoms with Crippen LogP contribution < -0.4 is 15.0 Å². The van der Waals surface area contributed by atoms with Gasteiger partial charge in [-0.2, -0.15) is 0 Å². The van der Waals surface area contributed by atoms with Gasteiger partial charge in [-0.1, -0.05) is 23.7 Å². The molecule has 1 N–H and O–H groups in total. The molecule has 2 aromatic rings. The molecular formula is C19H19ClN2O3. The molecule has 0 aliphatic carbocycles. The van der Waals surface area contributed by atoms with E-state index in [2.05, 4.69) is 5.32 Å². The largest absolute Gasteiger partial charge is 0.484 e. The van der Waals surface area contributed by atoms with Crippen LogP contribution in [0.4, 0.5) is 11.4 Å². The lowest BCUT2D eigenvalue weighted by Gasteiger charge is -2.27. The van der Waals surface area contributed by atoms with Gasteiger partial charge in [0.1, 0.15) is 5.75 Å². The number of amides is 2. The third-order valence-corrected chi connectivity index (χ3v) is 4.54. The second-order valence-electron chi connectivity index (χ2n) is 6.08. The monoisotopic (exact) mass is 358 g/mol. The highest BCUT2D eigenvalue weighted by Crippen LogP contribution is 2.31. The summed E-state index contributed by atoms with van der Waals surface area (Å²) in [6.45, 7) is 3.61. The predicted molar refractivity (Wildman–Crippen MR) is 98.3 cm³/mol. The highest BCUT2D eigenvalue weighted by Gasteiger charge is 2.29. The number of hydrogen-bond donors (Lipinski definition) is 1. The molecule has 0 fully saturated rings. The number of aryl methyl sites for hydroxylation is 1. The fourth-order valence-electron chi connectivity index (χ4n) is 2.89. The van der Waals surface area contributed by atoms with Crippen LogP contribution in [0.2, 0.25) is 5.02 Å². The van der Waals surface area contributed by atoms with E-state index >= 15 is 0 Å². The first-order valence-electron chi connectivity index (χ1n) is 8.05. The van der Waals surface area contributed by atoms with E-state index in [4.69, 9.17) is 16.3 Å². The Balaban J connectivity index is 1.80. The Labute approximate surface area is 151 Å². The average molecular weight is 359 g/mol. The zero-order valence-corrected chi connectivity index (χ0v) is 14.8. The molecule has 2 amide bonds. The van der Waals surface area contributed by atoms with Crippen molar-refractivity contribution in [1.82, 2.24) is 0 Å². The van der Waals surface area contributed by atoms with E-state index in [1.165, 1.54) is 0 Å². The van der Waals surface area contributed by atoms with Crippen LogP contribution in [0, 0.1) is 6.92 Å². The lowest BCUT2D eigenvalue weighted by molar-refractivity contribution is -0.121. The Morgan fingerprint density at radius 3 is 2.84 bits per heavy atom. The molecule has 1 aliphatic rings. The van der Waals surface area contributed by atoms with E-state index in [1.54, 1.807) is 29.2 Å². The van der Waals surface area contributed by atoms with Gasteiger partial charge < -0.3 is 15.0 Å². The van der Waals surface area contributed by atoms with Gasteiger partial charge >= 0.3 is 0 Å². The summed E-state index contributed by atoms with van der Waals surface area (Å²) in [6, 6.07) is 12.3. The molecule has 0 unspecified atom stereocenters. The van der Waals surface area contributed by atoms with Gasteiger partial charge in [0.25, 0.3) is 5.91 Å². The summed E-state index contributed by atoms with van der Waals surface area (Å²) < 4.78 is 5.63. The topological polar surface area (TPSA) is 58.6 Å². The summed E-state index contributed by atoms with van der Waals surface area (Å²) in [4.78, 5) is 26.4. The molecule has 25 heavy (non-hydrogen) atoms. The number of ether oxygens (including phenoxy) is 1. The van der Waals surface area contributed by atoms with Gasteiger partial charge in [-0.3, -0.25) is 9.59 Å². The molecule has 5 nitrogen and oxygen atoms in total. The van der Waals surface area contributed by atoms with E-state index in [0.29, 0.717) is 22.1 Å². The van der Waals surface area contributed by atoms with Crippen molar-refractivity contribution in [2.75, 3.05) is 16.8 Å². The van der Waals surface area contributed by atoms with Gasteiger partial charge in [0.05, 0.1) is 11.4 Å². The molecule has 0 spiro atoms. The number of halogens is 1. The van der Waals surface area contributed by atoms with Crippen molar-refractivity contribution < 1.29 is 14.3 Å². The van der Waals surface area contributed by atoms with Gasteiger partial charge in [-0.05, 0) is 49.7 Å². The fourth-order valence-corrected chi connectivity index (χ4v) is 3.01. The molecule has 0 saturated carbocycles.